The molecule has 0 aliphatic carbocycles. The normalized spacial score (nSPS) is 19.8. The first-order chi connectivity index (χ1) is 18.6. The van der Waals surface area contributed by atoms with Gasteiger partial charge in [0.05, 0.1) is 12.1 Å². The molecular formula is C27H30F4N4O4. The van der Waals surface area contributed by atoms with Gasteiger partial charge in [-0.3, -0.25) is 14.5 Å². The minimum atomic E-state index is -4.90. The van der Waals surface area contributed by atoms with E-state index in [0.29, 0.717) is 37.9 Å². The first kappa shape index (κ1) is 28.3. The molecule has 2 aromatic rings. The second-order valence-corrected chi connectivity index (χ2v) is 9.60. The molecule has 2 N–H and O–H groups in total. The lowest BCUT2D eigenvalue weighted by molar-refractivity contribution is -0.169. The summed E-state index contributed by atoms with van der Waals surface area (Å²) in [6.07, 6.45) is -4.92. The number of carbonyl (C=O) groups is 3. The van der Waals surface area contributed by atoms with Crippen LogP contribution >= 0.6 is 0 Å². The summed E-state index contributed by atoms with van der Waals surface area (Å²) in [6, 6.07) is 10.9. The second-order valence-electron chi connectivity index (χ2n) is 9.60. The van der Waals surface area contributed by atoms with Gasteiger partial charge in [-0.1, -0.05) is 36.4 Å². The van der Waals surface area contributed by atoms with Gasteiger partial charge in [-0.15, -0.1) is 0 Å². The van der Waals surface area contributed by atoms with Gasteiger partial charge in [-0.25, -0.2) is 9.18 Å². The van der Waals surface area contributed by atoms with Crippen molar-refractivity contribution < 1.29 is 36.7 Å². The Balaban J connectivity index is 1.54. The summed E-state index contributed by atoms with van der Waals surface area (Å²) in [7, 11) is 0. The lowest BCUT2D eigenvalue weighted by Gasteiger charge is -2.52. The molecule has 39 heavy (non-hydrogen) atoms. The summed E-state index contributed by atoms with van der Waals surface area (Å²) in [5, 5.41) is 0. The molecule has 0 radical (unpaired) electrons. The summed E-state index contributed by atoms with van der Waals surface area (Å²) in [6.45, 7) is 0.274. The van der Waals surface area contributed by atoms with Crippen molar-refractivity contribution in [2.45, 2.75) is 57.2 Å². The number of hydrogen-bond acceptors (Lipinski definition) is 5. The molecule has 2 aliphatic rings. The number of piperazine rings is 1. The minimum absolute atomic E-state index is 0.0267. The number of ether oxygens (including phenoxy) is 1. The van der Waals surface area contributed by atoms with Crippen LogP contribution in [0.1, 0.15) is 42.4 Å². The molecule has 0 aromatic heterocycles. The molecule has 2 aromatic carbocycles. The van der Waals surface area contributed by atoms with Crippen molar-refractivity contribution >= 4 is 17.9 Å². The van der Waals surface area contributed by atoms with Crippen LogP contribution in [0, 0.1) is 5.82 Å². The lowest BCUT2D eigenvalue weighted by Crippen LogP contribution is -2.71. The third-order valence-corrected chi connectivity index (χ3v) is 6.93. The van der Waals surface area contributed by atoms with E-state index in [1.165, 1.54) is 9.80 Å². The highest BCUT2D eigenvalue weighted by molar-refractivity contribution is 5.90. The van der Waals surface area contributed by atoms with Crippen LogP contribution in [0.25, 0.3) is 0 Å². The van der Waals surface area contributed by atoms with E-state index in [-0.39, 0.29) is 43.4 Å². The van der Waals surface area contributed by atoms with Crippen molar-refractivity contribution in [3.8, 4) is 0 Å². The van der Waals surface area contributed by atoms with Gasteiger partial charge in [-0.2, -0.15) is 13.2 Å². The number of amides is 3. The average molecular weight is 551 g/mol. The summed E-state index contributed by atoms with van der Waals surface area (Å²) >= 11 is 0. The predicted molar refractivity (Wildman–Crippen MR) is 132 cm³/mol. The molecule has 12 heteroatoms. The van der Waals surface area contributed by atoms with E-state index < -0.39 is 42.5 Å². The zero-order valence-corrected chi connectivity index (χ0v) is 21.2. The fourth-order valence-electron chi connectivity index (χ4n) is 5.01. The highest BCUT2D eigenvalue weighted by Crippen LogP contribution is 2.33. The van der Waals surface area contributed by atoms with Crippen LogP contribution in [0.15, 0.2) is 48.5 Å². The van der Waals surface area contributed by atoms with Gasteiger partial charge in [0, 0.05) is 19.5 Å². The first-order valence-electron chi connectivity index (χ1n) is 12.7. The van der Waals surface area contributed by atoms with Gasteiger partial charge in [0.15, 0.2) is 0 Å². The topological polar surface area (TPSA) is 96.2 Å². The zero-order valence-electron chi connectivity index (χ0n) is 21.2. The largest absolute Gasteiger partial charge is 0.444 e. The van der Waals surface area contributed by atoms with E-state index in [9.17, 15) is 31.9 Å². The molecule has 210 valence electrons. The fourth-order valence-corrected chi connectivity index (χ4v) is 5.01. The zero-order chi connectivity index (χ0) is 28.2. The molecule has 0 spiro atoms. The maximum atomic E-state index is 13.6. The third kappa shape index (κ3) is 6.49. The highest BCUT2D eigenvalue weighted by Gasteiger charge is 2.48. The number of halogens is 4. The molecule has 2 fully saturated rings. The number of benzene rings is 2. The van der Waals surface area contributed by atoms with Crippen LogP contribution < -0.4 is 5.73 Å². The van der Waals surface area contributed by atoms with Crippen LogP contribution in [0.2, 0.25) is 0 Å². The van der Waals surface area contributed by atoms with E-state index >= 15 is 0 Å². The Kier molecular flexibility index (Phi) is 8.73. The maximum absolute atomic E-state index is 13.6. The van der Waals surface area contributed by atoms with Crippen molar-refractivity contribution in [2.24, 2.45) is 5.73 Å². The van der Waals surface area contributed by atoms with E-state index in [1.54, 1.807) is 4.90 Å². The molecular weight excluding hydrogens is 520 g/mol. The number of alkyl halides is 3. The van der Waals surface area contributed by atoms with Crippen LogP contribution in [0.3, 0.4) is 0 Å². The fraction of sp³-hybridized carbons (Fsp3) is 0.444. The van der Waals surface area contributed by atoms with E-state index in [4.69, 9.17) is 10.5 Å². The van der Waals surface area contributed by atoms with E-state index in [2.05, 4.69) is 0 Å². The third-order valence-electron chi connectivity index (χ3n) is 6.93. The van der Waals surface area contributed by atoms with E-state index in [0.717, 1.165) is 11.6 Å². The molecule has 2 aliphatic heterocycles. The summed E-state index contributed by atoms with van der Waals surface area (Å²) in [5.41, 5.74) is 5.02. The lowest BCUT2D eigenvalue weighted by atomic mass is 9.98. The Bertz CT molecular complexity index is 1190. The molecule has 2 heterocycles. The van der Waals surface area contributed by atoms with Gasteiger partial charge in [-0.05, 0) is 49.1 Å². The number of nitrogens with two attached hydrogens (primary N) is 1. The summed E-state index contributed by atoms with van der Waals surface area (Å²) < 4.78 is 58.2. The van der Waals surface area contributed by atoms with Gasteiger partial charge in [0.25, 0.3) is 0 Å². The SMILES string of the molecule is NCCCC[C@H]1C(=O)N(Cc2ccccc2)C[C@@H]2N(C(=O)OCc3ccc(F)c(C(F)(F)F)c3)CCC(=O)N21. The van der Waals surface area contributed by atoms with Crippen molar-refractivity contribution in [1.82, 2.24) is 14.7 Å². The number of carbonyl (C=O) groups excluding carboxylic acids is 3. The van der Waals surface area contributed by atoms with Crippen LogP contribution in [0.4, 0.5) is 22.4 Å². The Morgan fingerprint density at radius 3 is 2.49 bits per heavy atom. The quantitative estimate of drug-likeness (QED) is 0.398. The van der Waals surface area contributed by atoms with Gasteiger partial charge in [0.1, 0.15) is 24.6 Å². The number of hydrogen-bond donors (Lipinski definition) is 1. The van der Waals surface area contributed by atoms with Crippen LogP contribution in [-0.4, -0.2) is 64.4 Å². The summed E-state index contributed by atoms with van der Waals surface area (Å²) in [5.74, 6) is -1.90. The molecule has 0 bridgehead atoms. The van der Waals surface area contributed by atoms with Crippen molar-refractivity contribution in [2.75, 3.05) is 19.6 Å². The number of nitrogens with zero attached hydrogens (tertiary/aromatic N) is 3. The summed E-state index contributed by atoms with van der Waals surface area (Å²) in [4.78, 5) is 44.0. The highest BCUT2D eigenvalue weighted by atomic mass is 19.4. The molecule has 3 amide bonds. The van der Waals surface area contributed by atoms with Crippen LogP contribution in [-0.2, 0) is 33.7 Å². The van der Waals surface area contributed by atoms with Gasteiger partial charge in [0.2, 0.25) is 11.8 Å². The molecule has 2 atom stereocenters. The first-order valence-corrected chi connectivity index (χ1v) is 12.7. The predicted octanol–water partition coefficient (Wildman–Crippen LogP) is 3.88. The van der Waals surface area contributed by atoms with Crippen molar-refractivity contribution in [3.05, 3.63) is 71.0 Å². The van der Waals surface area contributed by atoms with Gasteiger partial charge >= 0.3 is 12.3 Å². The minimum Gasteiger partial charge on any atom is -0.444 e. The Labute approximate surface area is 223 Å². The number of rotatable bonds is 8. The van der Waals surface area contributed by atoms with Crippen molar-refractivity contribution in [1.29, 1.82) is 0 Å². The standard InChI is InChI=1S/C27H30F4N4O4/c28-21-10-9-19(14-20(21)27(29,30)31)17-39-26(38)34-13-11-24(36)35-22(8-4-5-12-32)25(37)33(16-23(34)35)15-18-6-2-1-3-7-18/h1-3,6-7,9-10,14,22-23H,4-5,8,11-13,15-17,32H2/t22-,23+/m0/s1. The number of fused-ring (bicyclic) bond motifs is 1. The Morgan fingerprint density at radius 2 is 1.79 bits per heavy atom. The monoisotopic (exact) mass is 550 g/mol. The Morgan fingerprint density at radius 1 is 1.05 bits per heavy atom. The van der Waals surface area contributed by atoms with E-state index in [1.807, 2.05) is 30.3 Å². The second kappa shape index (κ2) is 12.0. The number of unbranched alkanes of at least 4 members (excludes halogenated alkanes) is 1. The Hall–Kier alpha value is -3.67. The molecule has 2 saturated heterocycles. The maximum Gasteiger partial charge on any atom is 0.419 e. The smallest absolute Gasteiger partial charge is 0.419 e. The molecule has 0 unspecified atom stereocenters. The van der Waals surface area contributed by atoms with Crippen LogP contribution in [0.5, 0.6) is 0 Å². The molecule has 0 saturated carbocycles. The molecule has 8 nitrogen and oxygen atoms in total. The molecule has 4 rings (SSSR count). The average Bonchev–Trinajstić information content (AvgIpc) is 2.90. The van der Waals surface area contributed by atoms with Gasteiger partial charge < -0.3 is 20.3 Å². The van der Waals surface area contributed by atoms with Crippen molar-refractivity contribution in [3.63, 3.8) is 0 Å².